The van der Waals surface area contributed by atoms with E-state index >= 15 is 0 Å². The molecule has 1 aliphatic rings. The summed E-state index contributed by atoms with van der Waals surface area (Å²) in [4.78, 5) is 2.53. The highest BCUT2D eigenvalue weighted by atomic mass is 15.2. The van der Waals surface area contributed by atoms with E-state index in [2.05, 4.69) is 24.1 Å². The van der Waals surface area contributed by atoms with Crippen molar-refractivity contribution in [1.29, 1.82) is 0 Å². The van der Waals surface area contributed by atoms with Crippen molar-refractivity contribution in [3.05, 3.63) is 0 Å². The van der Waals surface area contributed by atoms with E-state index in [1.54, 1.807) is 0 Å². The number of nitrogens with one attached hydrogen (secondary N) is 1. The zero-order chi connectivity index (χ0) is 8.69. The lowest BCUT2D eigenvalue weighted by Crippen LogP contribution is -2.26. The number of hydrogen-bond donors (Lipinski definition) is 1. The minimum atomic E-state index is 0.775. The van der Waals surface area contributed by atoms with Crippen molar-refractivity contribution in [2.75, 3.05) is 27.2 Å². The molecule has 2 heteroatoms. The fourth-order valence-electron chi connectivity index (χ4n) is 1.26. The van der Waals surface area contributed by atoms with Crippen LogP contribution in [0.5, 0.6) is 0 Å². The number of likely N-dealkylation sites (tertiary alicyclic amines) is 1. The molecule has 1 heterocycles. The van der Waals surface area contributed by atoms with Gasteiger partial charge >= 0.3 is 0 Å². The summed E-state index contributed by atoms with van der Waals surface area (Å²) in [5, 5.41) is 2.75. The van der Waals surface area contributed by atoms with Crippen LogP contribution in [0, 0.1) is 0 Å². The van der Waals surface area contributed by atoms with Gasteiger partial charge in [0.1, 0.15) is 0 Å². The van der Waals surface area contributed by atoms with E-state index in [0.29, 0.717) is 0 Å². The van der Waals surface area contributed by atoms with Crippen LogP contribution in [0.25, 0.3) is 0 Å². The first-order chi connectivity index (χ1) is 5.22. The molecule has 0 radical (unpaired) electrons. The summed E-state index contributed by atoms with van der Waals surface area (Å²) in [5.74, 6) is 0. The third-order valence-corrected chi connectivity index (χ3v) is 1.87. The standard InChI is InChI=1S/C7H15N.C2H7N/c1-7(2)8-5-3-4-6-8;1-3-2/h7H,3-6H2,1-2H3;3H,1-2H3. The van der Waals surface area contributed by atoms with Gasteiger partial charge < -0.3 is 10.2 Å². The Labute approximate surface area is 71.0 Å². The van der Waals surface area contributed by atoms with Crippen LogP contribution in [0.4, 0.5) is 0 Å². The van der Waals surface area contributed by atoms with Crippen molar-refractivity contribution in [3.8, 4) is 0 Å². The zero-order valence-electron chi connectivity index (χ0n) is 8.35. The van der Waals surface area contributed by atoms with Crippen LogP contribution in [-0.4, -0.2) is 38.1 Å². The van der Waals surface area contributed by atoms with Crippen LogP contribution < -0.4 is 5.32 Å². The summed E-state index contributed by atoms with van der Waals surface area (Å²) in [6, 6.07) is 0.775. The summed E-state index contributed by atoms with van der Waals surface area (Å²) in [5.41, 5.74) is 0. The van der Waals surface area contributed by atoms with Gasteiger partial charge in [-0.15, -0.1) is 0 Å². The average molecular weight is 158 g/mol. The molecule has 11 heavy (non-hydrogen) atoms. The third-order valence-electron chi connectivity index (χ3n) is 1.87. The van der Waals surface area contributed by atoms with Crippen molar-refractivity contribution in [2.24, 2.45) is 0 Å². The van der Waals surface area contributed by atoms with E-state index in [-0.39, 0.29) is 0 Å². The van der Waals surface area contributed by atoms with Gasteiger partial charge in [0, 0.05) is 6.04 Å². The molecule has 0 spiro atoms. The second kappa shape index (κ2) is 6.62. The molecule has 0 amide bonds. The molecule has 0 saturated carbocycles. The molecule has 0 unspecified atom stereocenters. The number of nitrogens with zero attached hydrogens (tertiary/aromatic N) is 1. The summed E-state index contributed by atoms with van der Waals surface area (Å²) < 4.78 is 0. The Morgan fingerprint density at radius 2 is 1.45 bits per heavy atom. The van der Waals surface area contributed by atoms with Gasteiger partial charge in [0.25, 0.3) is 0 Å². The minimum Gasteiger partial charge on any atom is -0.323 e. The maximum absolute atomic E-state index is 2.75. The lowest BCUT2D eigenvalue weighted by molar-refractivity contribution is 0.276. The van der Waals surface area contributed by atoms with E-state index in [9.17, 15) is 0 Å². The first kappa shape index (κ1) is 10.9. The largest absolute Gasteiger partial charge is 0.323 e. The van der Waals surface area contributed by atoms with Gasteiger partial charge in [-0.05, 0) is 53.9 Å². The van der Waals surface area contributed by atoms with E-state index in [1.807, 2.05) is 14.1 Å². The van der Waals surface area contributed by atoms with Gasteiger partial charge in [-0.25, -0.2) is 0 Å². The molecular weight excluding hydrogens is 136 g/mol. The van der Waals surface area contributed by atoms with Crippen LogP contribution in [0.2, 0.25) is 0 Å². The fourth-order valence-corrected chi connectivity index (χ4v) is 1.26. The molecule has 0 bridgehead atoms. The highest BCUT2D eigenvalue weighted by Gasteiger charge is 2.13. The highest BCUT2D eigenvalue weighted by molar-refractivity contribution is 4.68. The minimum absolute atomic E-state index is 0.775. The van der Waals surface area contributed by atoms with Gasteiger partial charge in [-0.2, -0.15) is 0 Å². The van der Waals surface area contributed by atoms with Crippen molar-refractivity contribution in [3.63, 3.8) is 0 Å². The Hall–Kier alpha value is -0.0800. The van der Waals surface area contributed by atoms with Crippen LogP contribution in [-0.2, 0) is 0 Å². The first-order valence-electron chi connectivity index (χ1n) is 4.55. The fraction of sp³-hybridized carbons (Fsp3) is 1.00. The van der Waals surface area contributed by atoms with Gasteiger partial charge in [0.05, 0.1) is 0 Å². The van der Waals surface area contributed by atoms with E-state index in [0.717, 1.165) is 6.04 Å². The molecule has 2 nitrogen and oxygen atoms in total. The molecular formula is C9H22N2. The Morgan fingerprint density at radius 3 is 1.64 bits per heavy atom. The molecule has 1 N–H and O–H groups in total. The van der Waals surface area contributed by atoms with Crippen molar-refractivity contribution < 1.29 is 0 Å². The summed E-state index contributed by atoms with van der Waals surface area (Å²) in [7, 11) is 3.75. The lowest BCUT2D eigenvalue weighted by atomic mass is 10.3. The predicted molar refractivity (Wildman–Crippen MR) is 50.9 cm³/mol. The van der Waals surface area contributed by atoms with E-state index < -0.39 is 0 Å². The van der Waals surface area contributed by atoms with Crippen LogP contribution in [0.15, 0.2) is 0 Å². The number of rotatable bonds is 1. The number of hydrogen-bond acceptors (Lipinski definition) is 2. The molecule has 1 saturated heterocycles. The van der Waals surface area contributed by atoms with E-state index in [4.69, 9.17) is 0 Å². The lowest BCUT2D eigenvalue weighted by Gasteiger charge is -2.18. The summed E-state index contributed by atoms with van der Waals surface area (Å²) in [6.07, 6.45) is 2.83. The summed E-state index contributed by atoms with van der Waals surface area (Å²) in [6.45, 7) is 7.20. The SMILES string of the molecule is CC(C)N1CCCC1.CNC. The first-order valence-corrected chi connectivity index (χ1v) is 4.55. The second-order valence-electron chi connectivity index (χ2n) is 3.34. The van der Waals surface area contributed by atoms with Crippen LogP contribution in [0.3, 0.4) is 0 Å². The molecule has 1 rings (SSSR count). The van der Waals surface area contributed by atoms with Crippen LogP contribution in [0.1, 0.15) is 26.7 Å². The maximum Gasteiger partial charge on any atom is 0.00385 e. The molecule has 0 atom stereocenters. The van der Waals surface area contributed by atoms with Gasteiger partial charge in [-0.1, -0.05) is 0 Å². The Kier molecular flexibility index (Phi) is 6.57. The van der Waals surface area contributed by atoms with Gasteiger partial charge in [0.15, 0.2) is 0 Å². The second-order valence-corrected chi connectivity index (χ2v) is 3.34. The Bertz CT molecular complexity index is 75.6. The van der Waals surface area contributed by atoms with E-state index in [1.165, 1.54) is 25.9 Å². The van der Waals surface area contributed by atoms with Crippen LogP contribution >= 0.6 is 0 Å². The van der Waals surface area contributed by atoms with Gasteiger partial charge in [-0.3, -0.25) is 0 Å². The zero-order valence-corrected chi connectivity index (χ0v) is 8.35. The highest BCUT2D eigenvalue weighted by Crippen LogP contribution is 2.09. The molecule has 0 aromatic carbocycles. The third kappa shape index (κ3) is 5.22. The average Bonchev–Trinajstić information content (AvgIpc) is 2.38. The molecule has 68 valence electrons. The predicted octanol–water partition coefficient (Wildman–Crippen LogP) is 1.33. The quantitative estimate of drug-likeness (QED) is 0.619. The molecule has 0 aliphatic carbocycles. The van der Waals surface area contributed by atoms with Crippen molar-refractivity contribution in [1.82, 2.24) is 10.2 Å². The van der Waals surface area contributed by atoms with Crippen molar-refractivity contribution >= 4 is 0 Å². The maximum atomic E-state index is 2.75. The molecule has 0 aromatic heterocycles. The van der Waals surface area contributed by atoms with Crippen molar-refractivity contribution in [2.45, 2.75) is 32.7 Å². The summed E-state index contributed by atoms with van der Waals surface area (Å²) >= 11 is 0. The Balaban J connectivity index is 0.000000292. The normalized spacial score (nSPS) is 18.3. The van der Waals surface area contributed by atoms with Gasteiger partial charge in [0.2, 0.25) is 0 Å². The topological polar surface area (TPSA) is 15.3 Å². The molecule has 1 aliphatic heterocycles. The molecule has 1 fully saturated rings. The Morgan fingerprint density at radius 1 is 1.09 bits per heavy atom. The smallest absolute Gasteiger partial charge is 0.00385 e. The monoisotopic (exact) mass is 158 g/mol. The molecule has 0 aromatic rings.